The number of likely N-dealkylation sites (tertiary alicyclic amines) is 1. The van der Waals surface area contributed by atoms with Crippen molar-refractivity contribution in [3.05, 3.63) is 114 Å². The SMILES string of the molecule is COc1ccc(F)cc1C(c1nc2ccccc2[nH]1)n1cc2ccc(-c3ccc(C4CCN(C)CC4)cc3)c(F)c2n1. The molecule has 4 aromatic carbocycles. The molecule has 0 saturated carbocycles. The highest BCUT2D eigenvalue weighted by atomic mass is 19.1. The fourth-order valence-electron chi connectivity index (χ4n) is 6.14. The van der Waals surface area contributed by atoms with Crippen LogP contribution in [0.25, 0.3) is 33.1 Å². The third kappa shape index (κ3) is 4.71. The molecule has 0 amide bonds. The number of rotatable bonds is 6. The maximum atomic E-state index is 16.1. The molecule has 0 aliphatic carbocycles. The van der Waals surface area contributed by atoms with Crippen LogP contribution < -0.4 is 4.74 Å². The van der Waals surface area contributed by atoms with E-state index in [1.54, 1.807) is 23.0 Å². The lowest BCUT2D eigenvalue weighted by atomic mass is 9.88. The first-order valence-electron chi connectivity index (χ1n) is 14.2. The number of piperidine rings is 1. The van der Waals surface area contributed by atoms with Crippen molar-refractivity contribution >= 4 is 21.9 Å². The standard InChI is InChI=1S/C34H31F2N5O/c1-40-17-15-22(16-18-40)21-7-9-23(10-8-21)26-13-11-24-20-41(39-32(24)31(26)36)33(27-19-25(35)12-14-30(27)42-2)34-37-28-5-3-4-6-29(28)38-34/h3-14,19-20,22,33H,15-18H2,1-2H3,(H,37,38). The van der Waals surface area contributed by atoms with Crippen molar-refractivity contribution in [1.29, 1.82) is 0 Å². The minimum Gasteiger partial charge on any atom is -0.496 e. The van der Waals surface area contributed by atoms with Crippen LogP contribution >= 0.6 is 0 Å². The number of hydrogen-bond donors (Lipinski definition) is 1. The first kappa shape index (κ1) is 26.3. The smallest absolute Gasteiger partial charge is 0.159 e. The van der Waals surface area contributed by atoms with Crippen LogP contribution in [0.1, 0.15) is 41.8 Å². The Morgan fingerprint density at radius 1 is 0.952 bits per heavy atom. The predicted molar refractivity (Wildman–Crippen MR) is 161 cm³/mol. The molecular weight excluding hydrogens is 532 g/mol. The van der Waals surface area contributed by atoms with Gasteiger partial charge in [-0.2, -0.15) is 5.10 Å². The Hall–Kier alpha value is -4.56. The fraction of sp³-hybridized carbons (Fsp3) is 0.235. The molecule has 1 unspecified atom stereocenters. The Balaban J connectivity index is 1.30. The molecule has 7 rings (SSSR count). The van der Waals surface area contributed by atoms with Gasteiger partial charge in [-0.15, -0.1) is 0 Å². The number of nitrogens with one attached hydrogen (secondary N) is 1. The van der Waals surface area contributed by atoms with Gasteiger partial charge in [-0.05, 0) is 80.4 Å². The van der Waals surface area contributed by atoms with Gasteiger partial charge in [0, 0.05) is 22.7 Å². The normalized spacial score (nSPS) is 15.4. The lowest BCUT2D eigenvalue weighted by molar-refractivity contribution is 0.255. The summed E-state index contributed by atoms with van der Waals surface area (Å²) in [5.41, 5.74) is 4.96. The van der Waals surface area contributed by atoms with Crippen molar-refractivity contribution in [1.82, 2.24) is 24.6 Å². The number of benzene rings is 4. The number of imidazole rings is 1. The molecule has 0 bridgehead atoms. The van der Waals surface area contributed by atoms with Crippen molar-refractivity contribution in [2.45, 2.75) is 24.8 Å². The summed E-state index contributed by atoms with van der Waals surface area (Å²) >= 11 is 0. The second kappa shape index (κ2) is 10.7. The second-order valence-corrected chi connectivity index (χ2v) is 11.1. The molecule has 3 heterocycles. The van der Waals surface area contributed by atoms with Crippen LogP contribution in [0.5, 0.6) is 5.75 Å². The van der Waals surface area contributed by atoms with E-state index >= 15 is 4.39 Å². The van der Waals surface area contributed by atoms with Crippen LogP contribution in [0.3, 0.4) is 0 Å². The number of para-hydroxylation sites is 2. The molecule has 0 radical (unpaired) electrons. The number of aromatic amines is 1. The van der Waals surface area contributed by atoms with Crippen molar-refractivity contribution in [2.75, 3.05) is 27.2 Å². The van der Waals surface area contributed by atoms with Gasteiger partial charge in [-0.25, -0.2) is 13.8 Å². The van der Waals surface area contributed by atoms with Crippen LogP contribution in [0.4, 0.5) is 8.78 Å². The zero-order chi connectivity index (χ0) is 28.8. The van der Waals surface area contributed by atoms with Gasteiger partial charge in [0.2, 0.25) is 0 Å². The van der Waals surface area contributed by atoms with E-state index in [-0.39, 0.29) is 5.52 Å². The van der Waals surface area contributed by atoms with E-state index in [4.69, 9.17) is 14.8 Å². The molecule has 1 fully saturated rings. The van der Waals surface area contributed by atoms with Gasteiger partial charge >= 0.3 is 0 Å². The molecule has 2 aromatic heterocycles. The lowest BCUT2D eigenvalue weighted by Crippen LogP contribution is -2.29. The lowest BCUT2D eigenvalue weighted by Gasteiger charge is -2.29. The summed E-state index contributed by atoms with van der Waals surface area (Å²) in [7, 11) is 3.70. The molecule has 1 aliphatic heterocycles. The van der Waals surface area contributed by atoms with Crippen LogP contribution in [-0.2, 0) is 0 Å². The summed E-state index contributed by atoms with van der Waals surface area (Å²) in [5.74, 6) is 0.743. The third-order valence-electron chi connectivity index (χ3n) is 8.46. The number of fused-ring (bicyclic) bond motifs is 2. The van der Waals surface area contributed by atoms with Gasteiger partial charge in [0.1, 0.15) is 28.9 Å². The van der Waals surface area contributed by atoms with Gasteiger partial charge in [0.25, 0.3) is 0 Å². The predicted octanol–water partition coefficient (Wildman–Crippen LogP) is 7.31. The molecule has 42 heavy (non-hydrogen) atoms. The molecule has 1 atom stereocenters. The number of H-pyrrole nitrogens is 1. The molecule has 6 nitrogen and oxygen atoms in total. The quantitative estimate of drug-likeness (QED) is 0.231. The number of ether oxygens (including phenoxy) is 1. The summed E-state index contributed by atoms with van der Waals surface area (Å²) in [6.45, 7) is 2.19. The first-order valence-corrected chi connectivity index (χ1v) is 14.2. The third-order valence-corrected chi connectivity index (χ3v) is 8.46. The van der Waals surface area contributed by atoms with E-state index in [0.717, 1.165) is 42.5 Å². The zero-order valence-corrected chi connectivity index (χ0v) is 23.5. The maximum absolute atomic E-state index is 16.1. The molecule has 1 saturated heterocycles. The van der Waals surface area contributed by atoms with Gasteiger partial charge in [-0.1, -0.05) is 48.5 Å². The summed E-state index contributed by atoms with van der Waals surface area (Å²) < 4.78 is 37.9. The number of methoxy groups -OCH3 is 1. The molecule has 1 aliphatic rings. The van der Waals surface area contributed by atoms with Crippen molar-refractivity contribution in [3.63, 3.8) is 0 Å². The minimum atomic E-state index is -0.688. The molecular formula is C34H31F2N5O. The summed E-state index contributed by atoms with van der Waals surface area (Å²) in [4.78, 5) is 10.5. The van der Waals surface area contributed by atoms with Gasteiger partial charge in [0.05, 0.1) is 18.1 Å². The largest absolute Gasteiger partial charge is 0.496 e. The van der Waals surface area contributed by atoms with E-state index < -0.39 is 17.7 Å². The Labute approximate surface area is 242 Å². The highest BCUT2D eigenvalue weighted by Crippen LogP contribution is 2.36. The van der Waals surface area contributed by atoms with Crippen molar-refractivity contribution in [3.8, 4) is 16.9 Å². The number of halogens is 2. The van der Waals surface area contributed by atoms with Crippen molar-refractivity contribution < 1.29 is 13.5 Å². The summed E-state index contributed by atoms with van der Waals surface area (Å²) in [5, 5.41) is 5.36. The van der Waals surface area contributed by atoms with Crippen LogP contribution in [0.15, 0.2) is 85.1 Å². The maximum Gasteiger partial charge on any atom is 0.159 e. The fourth-order valence-corrected chi connectivity index (χ4v) is 6.14. The minimum absolute atomic E-state index is 0.239. The van der Waals surface area contributed by atoms with E-state index in [9.17, 15) is 4.39 Å². The summed E-state index contributed by atoms with van der Waals surface area (Å²) in [6.07, 6.45) is 4.04. The van der Waals surface area contributed by atoms with E-state index in [0.29, 0.717) is 34.0 Å². The molecule has 0 spiro atoms. The van der Waals surface area contributed by atoms with E-state index in [2.05, 4.69) is 29.1 Å². The Morgan fingerprint density at radius 2 is 1.74 bits per heavy atom. The molecule has 1 N–H and O–H groups in total. The van der Waals surface area contributed by atoms with Gasteiger partial charge in [-0.3, -0.25) is 4.68 Å². The number of hydrogen-bond acceptors (Lipinski definition) is 4. The second-order valence-electron chi connectivity index (χ2n) is 11.1. The van der Waals surface area contributed by atoms with Crippen LogP contribution in [0, 0.1) is 11.6 Å². The molecule has 212 valence electrons. The zero-order valence-electron chi connectivity index (χ0n) is 23.5. The average molecular weight is 564 g/mol. The number of aromatic nitrogens is 4. The van der Waals surface area contributed by atoms with Crippen LogP contribution in [0.2, 0.25) is 0 Å². The first-order chi connectivity index (χ1) is 20.5. The Morgan fingerprint density at radius 3 is 2.50 bits per heavy atom. The molecule has 6 aromatic rings. The Bertz CT molecular complexity index is 1850. The summed E-state index contributed by atoms with van der Waals surface area (Å²) in [6, 6.07) is 23.2. The van der Waals surface area contributed by atoms with Crippen LogP contribution in [-0.4, -0.2) is 51.9 Å². The van der Waals surface area contributed by atoms with Crippen molar-refractivity contribution in [2.24, 2.45) is 0 Å². The van der Waals surface area contributed by atoms with Gasteiger partial charge in [0.15, 0.2) is 5.82 Å². The number of nitrogens with zero attached hydrogens (tertiary/aromatic N) is 4. The monoisotopic (exact) mass is 563 g/mol. The van der Waals surface area contributed by atoms with E-state index in [1.807, 2.05) is 42.5 Å². The Kier molecular flexibility index (Phi) is 6.70. The average Bonchev–Trinajstić information content (AvgIpc) is 3.63. The highest BCUT2D eigenvalue weighted by molar-refractivity contribution is 5.85. The molecule has 8 heteroatoms. The topological polar surface area (TPSA) is 59.0 Å². The van der Waals surface area contributed by atoms with E-state index in [1.165, 1.54) is 24.8 Å². The highest BCUT2D eigenvalue weighted by Gasteiger charge is 2.27. The van der Waals surface area contributed by atoms with Gasteiger partial charge < -0.3 is 14.6 Å².